The van der Waals surface area contributed by atoms with Crippen LogP contribution in [0.2, 0.25) is 0 Å². The zero-order valence-electron chi connectivity index (χ0n) is 10.3. The highest BCUT2D eigenvalue weighted by molar-refractivity contribution is 9.10. The van der Waals surface area contributed by atoms with Crippen LogP contribution in [0.1, 0.15) is 11.6 Å². The van der Waals surface area contributed by atoms with Crippen LogP contribution >= 0.6 is 15.9 Å². The van der Waals surface area contributed by atoms with Gasteiger partial charge in [-0.15, -0.1) is 0 Å². The van der Waals surface area contributed by atoms with Crippen molar-refractivity contribution in [2.75, 3.05) is 0 Å². The Morgan fingerprint density at radius 1 is 1.30 bits per heavy atom. The quantitative estimate of drug-likeness (QED) is 0.685. The van der Waals surface area contributed by atoms with Crippen molar-refractivity contribution in [2.45, 2.75) is 6.04 Å². The monoisotopic (exact) mass is 332 g/mol. The molecule has 20 heavy (non-hydrogen) atoms. The van der Waals surface area contributed by atoms with E-state index in [2.05, 4.69) is 20.9 Å². The average molecular weight is 333 g/mol. The fourth-order valence-electron chi connectivity index (χ4n) is 2.24. The number of hydrogen-bond donors (Lipinski definition) is 0. The largest absolute Gasteiger partial charge is 0.332 e. The third-order valence-corrected chi connectivity index (χ3v) is 3.59. The van der Waals surface area contributed by atoms with Gasteiger partial charge in [0, 0.05) is 16.9 Å². The highest BCUT2D eigenvalue weighted by atomic mass is 79.9. The Balaban J connectivity index is 2.16. The van der Waals surface area contributed by atoms with Crippen LogP contribution in [0.25, 0.3) is 11.0 Å². The molecule has 0 N–H and O–H groups in total. The molecule has 1 atom stereocenters. The van der Waals surface area contributed by atoms with E-state index in [1.54, 1.807) is 29.1 Å². The number of nitrogens with zero attached hydrogens (tertiary/aromatic N) is 2. The van der Waals surface area contributed by atoms with Gasteiger partial charge in [0.1, 0.15) is 18.1 Å². The number of benzene rings is 1. The van der Waals surface area contributed by atoms with Gasteiger partial charge in [0.05, 0.1) is 11.0 Å². The zero-order valence-corrected chi connectivity index (χ0v) is 11.9. The van der Waals surface area contributed by atoms with Crippen molar-refractivity contribution in [2.24, 2.45) is 0 Å². The highest BCUT2D eigenvalue weighted by Gasteiger charge is 2.15. The summed E-state index contributed by atoms with van der Waals surface area (Å²) in [5.41, 5.74) is 2.22. The maximum Gasteiger partial charge on any atom is 0.147 e. The minimum atomic E-state index is -0.570. The fraction of sp³-hybridized carbons (Fsp3) is 0.0667. The van der Waals surface area contributed by atoms with Crippen molar-refractivity contribution in [3.05, 3.63) is 64.6 Å². The SMILES string of the molecule is O=CC(c1cccc(F)c1)n1ccc2ncc(Br)cc21. The minimum absolute atomic E-state index is 0.356. The number of aldehydes is 1. The number of carbonyl (C=O) groups is 1. The van der Waals surface area contributed by atoms with E-state index < -0.39 is 6.04 Å². The van der Waals surface area contributed by atoms with Gasteiger partial charge in [-0.05, 0) is 45.8 Å². The molecule has 0 fully saturated rings. The Morgan fingerprint density at radius 2 is 2.15 bits per heavy atom. The minimum Gasteiger partial charge on any atom is -0.332 e. The molecule has 0 bridgehead atoms. The number of rotatable bonds is 3. The van der Waals surface area contributed by atoms with Gasteiger partial charge in [-0.3, -0.25) is 4.98 Å². The van der Waals surface area contributed by atoms with Crippen molar-refractivity contribution in [1.82, 2.24) is 9.55 Å². The van der Waals surface area contributed by atoms with Gasteiger partial charge in [0.2, 0.25) is 0 Å². The van der Waals surface area contributed by atoms with E-state index in [0.717, 1.165) is 21.8 Å². The molecule has 0 saturated carbocycles. The summed E-state index contributed by atoms with van der Waals surface area (Å²) in [5, 5.41) is 0. The van der Waals surface area contributed by atoms with Crippen molar-refractivity contribution in [3.8, 4) is 0 Å². The predicted octanol–water partition coefficient (Wildman–Crippen LogP) is 3.73. The third kappa shape index (κ3) is 2.25. The van der Waals surface area contributed by atoms with Crippen LogP contribution in [0.15, 0.2) is 53.3 Å². The van der Waals surface area contributed by atoms with Crippen LogP contribution in [0.4, 0.5) is 4.39 Å². The molecule has 0 radical (unpaired) electrons. The second-order valence-electron chi connectivity index (χ2n) is 4.42. The molecule has 3 nitrogen and oxygen atoms in total. The van der Waals surface area contributed by atoms with Crippen molar-refractivity contribution in [3.63, 3.8) is 0 Å². The molecule has 0 aliphatic carbocycles. The predicted molar refractivity (Wildman–Crippen MR) is 78.0 cm³/mol. The molecule has 0 amide bonds. The summed E-state index contributed by atoms with van der Waals surface area (Å²) in [7, 11) is 0. The summed E-state index contributed by atoms with van der Waals surface area (Å²) < 4.78 is 16.0. The first-order valence-electron chi connectivity index (χ1n) is 6.02. The van der Waals surface area contributed by atoms with Gasteiger partial charge < -0.3 is 9.36 Å². The third-order valence-electron chi connectivity index (χ3n) is 3.15. The Morgan fingerprint density at radius 3 is 2.90 bits per heavy atom. The number of carbonyl (C=O) groups excluding carboxylic acids is 1. The van der Waals surface area contributed by atoms with Crippen molar-refractivity contribution >= 4 is 33.2 Å². The van der Waals surface area contributed by atoms with Crippen LogP contribution in [-0.2, 0) is 4.79 Å². The Labute approximate surface area is 123 Å². The molecule has 1 unspecified atom stereocenters. The summed E-state index contributed by atoms with van der Waals surface area (Å²) in [6.07, 6.45) is 4.29. The first-order chi connectivity index (χ1) is 9.69. The lowest BCUT2D eigenvalue weighted by molar-refractivity contribution is -0.109. The Kier molecular flexibility index (Phi) is 3.36. The highest BCUT2D eigenvalue weighted by Crippen LogP contribution is 2.25. The lowest BCUT2D eigenvalue weighted by Crippen LogP contribution is -2.11. The molecule has 2 heterocycles. The molecule has 3 rings (SSSR count). The summed E-state index contributed by atoms with van der Waals surface area (Å²) in [4.78, 5) is 15.7. The average Bonchev–Trinajstić information content (AvgIpc) is 2.83. The number of aromatic nitrogens is 2. The Bertz CT molecular complexity index is 784. The number of halogens is 2. The van der Waals surface area contributed by atoms with E-state index in [-0.39, 0.29) is 5.82 Å². The molecule has 100 valence electrons. The normalized spacial score (nSPS) is 12.5. The smallest absolute Gasteiger partial charge is 0.147 e. The van der Waals surface area contributed by atoms with E-state index >= 15 is 0 Å². The summed E-state index contributed by atoms with van der Waals surface area (Å²) in [5.74, 6) is -0.356. The van der Waals surface area contributed by atoms with Gasteiger partial charge >= 0.3 is 0 Å². The standard InChI is InChI=1S/C15H10BrFN2O/c16-11-7-14-13(18-8-11)4-5-19(14)15(9-20)10-2-1-3-12(17)6-10/h1-9,15H. The maximum atomic E-state index is 13.3. The Hall–Kier alpha value is -2.01. The first-order valence-corrected chi connectivity index (χ1v) is 6.81. The molecular weight excluding hydrogens is 323 g/mol. The summed E-state index contributed by atoms with van der Waals surface area (Å²) >= 11 is 3.37. The lowest BCUT2D eigenvalue weighted by Gasteiger charge is -2.14. The molecule has 1 aromatic carbocycles. The zero-order chi connectivity index (χ0) is 14.1. The summed E-state index contributed by atoms with van der Waals surface area (Å²) in [6.45, 7) is 0. The molecule has 0 aliphatic rings. The number of pyridine rings is 1. The van der Waals surface area contributed by atoms with E-state index in [1.807, 2.05) is 12.1 Å². The fourth-order valence-corrected chi connectivity index (χ4v) is 2.56. The molecule has 0 aliphatic heterocycles. The molecule has 0 spiro atoms. The number of hydrogen-bond acceptors (Lipinski definition) is 2. The second-order valence-corrected chi connectivity index (χ2v) is 5.33. The van der Waals surface area contributed by atoms with Gasteiger partial charge in [-0.25, -0.2) is 4.39 Å². The summed E-state index contributed by atoms with van der Waals surface area (Å²) in [6, 6.07) is 9.21. The van der Waals surface area contributed by atoms with E-state index in [0.29, 0.717) is 5.56 Å². The van der Waals surface area contributed by atoms with Crippen LogP contribution in [0, 0.1) is 5.82 Å². The van der Waals surface area contributed by atoms with Crippen molar-refractivity contribution < 1.29 is 9.18 Å². The molecule has 3 aromatic rings. The molecule has 2 aromatic heterocycles. The van der Waals surface area contributed by atoms with Crippen LogP contribution < -0.4 is 0 Å². The van der Waals surface area contributed by atoms with Gasteiger partial charge in [0.25, 0.3) is 0 Å². The van der Waals surface area contributed by atoms with E-state index in [9.17, 15) is 9.18 Å². The lowest BCUT2D eigenvalue weighted by atomic mass is 10.1. The molecule has 0 saturated heterocycles. The second kappa shape index (κ2) is 5.17. The number of fused-ring (bicyclic) bond motifs is 1. The molecular formula is C15H10BrFN2O. The van der Waals surface area contributed by atoms with E-state index in [4.69, 9.17) is 0 Å². The van der Waals surface area contributed by atoms with E-state index in [1.165, 1.54) is 12.1 Å². The first kappa shape index (κ1) is 13.0. The molecule has 5 heteroatoms. The topological polar surface area (TPSA) is 34.9 Å². The van der Waals surface area contributed by atoms with Crippen molar-refractivity contribution in [1.29, 1.82) is 0 Å². The van der Waals surface area contributed by atoms with Gasteiger partial charge in [0.15, 0.2) is 0 Å². The van der Waals surface area contributed by atoms with Gasteiger partial charge in [-0.2, -0.15) is 0 Å². The maximum absolute atomic E-state index is 13.3. The van der Waals surface area contributed by atoms with Crippen LogP contribution in [-0.4, -0.2) is 15.8 Å². The van der Waals surface area contributed by atoms with Crippen LogP contribution in [0.5, 0.6) is 0 Å². The van der Waals surface area contributed by atoms with Gasteiger partial charge in [-0.1, -0.05) is 12.1 Å². The van der Waals surface area contributed by atoms with Crippen LogP contribution in [0.3, 0.4) is 0 Å².